The van der Waals surface area contributed by atoms with Gasteiger partial charge in [-0.1, -0.05) is 30.1 Å². The molecule has 0 atom stereocenters. The Morgan fingerprint density at radius 2 is 2.22 bits per heavy atom. The molecule has 0 aliphatic rings. The van der Waals surface area contributed by atoms with Gasteiger partial charge >= 0.3 is 0 Å². The van der Waals surface area contributed by atoms with Gasteiger partial charge in [-0.3, -0.25) is 4.79 Å². The minimum atomic E-state index is -0.121. The van der Waals surface area contributed by atoms with E-state index in [2.05, 4.69) is 32.7 Å². The van der Waals surface area contributed by atoms with Gasteiger partial charge in [0.05, 0.1) is 17.0 Å². The van der Waals surface area contributed by atoms with Gasteiger partial charge in [0.25, 0.3) is 5.89 Å². The van der Waals surface area contributed by atoms with Crippen molar-refractivity contribution >= 4 is 23.3 Å². The predicted molar refractivity (Wildman–Crippen MR) is 88.3 cm³/mol. The number of halogens is 1. The van der Waals surface area contributed by atoms with Crippen LogP contribution in [-0.2, 0) is 11.2 Å². The third-order valence-electron chi connectivity index (χ3n) is 3.07. The number of rotatable bonds is 8. The molecule has 0 aromatic carbocycles. The topological polar surface area (TPSA) is 92.9 Å². The lowest BCUT2D eigenvalue weighted by atomic mass is 10.3. The number of amides is 1. The van der Waals surface area contributed by atoms with Crippen LogP contribution in [0.4, 0.5) is 5.82 Å². The first-order chi connectivity index (χ1) is 11.1. The van der Waals surface area contributed by atoms with Crippen molar-refractivity contribution in [3.63, 3.8) is 0 Å². The van der Waals surface area contributed by atoms with Crippen LogP contribution in [0.5, 0.6) is 0 Å². The van der Waals surface area contributed by atoms with E-state index in [1.165, 1.54) is 0 Å². The molecule has 2 aromatic rings. The van der Waals surface area contributed by atoms with Crippen LogP contribution >= 0.6 is 11.6 Å². The highest BCUT2D eigenvalue weighted by Gasteiger charge is 2.14. The van der Waals surface area contributed by atoms with Gasteiger partial charge in [0.2, 0.25) is 5.91 Å². The zero-order valence-electron chi connectivity index (χ0n) is 13.2. The number of nitrogens with zero attached hydrogens (tertiary/aromatic N) is 3. The lowest BCUT2D eigenvalue weighted by Gasteiger charge is -2.04. The van der Waals surface area contributed by atoms with Crippen molar-refractivity contribution in [3.05, 3.63) is 23.1 Å². The quantitative estimate of drug-likeness (QED) is 0.719. The molecule has 0 unspecified atom stereocenters. The Labute approximate surface area is 139 Å². The van der Waals surface area contributed by atoms with Crippen molar-refractivity contribution in [3.8, 4) is 11.5 Å². The first kappa shape index (κ1) is 17.2. The van der Waals surface area contributed by atoms with Crippen LogP contribution in [0.25, 0.3) is 11.5 Å². The lowest BCUT2D eigenvalue weighted by Crippen LogP contribution is -2.26. The molecule has 2 heterocycles. The largest absolute Gasteiger partial charge is 0.369 e. The fourth-order valence-corrected chi connectivity index (χ4v) is 2.14. The van der Waals surface area contributed by atoms with E-state index in [-0.39, 0.29) is 12.3 Å². The Kier molecular flexibility index (Phi) is 6.34. The molecule has 23 heavy (non-hydrogen) atoms. The summed E-state index contributed by atoms with van der Waals surface area (Å²) in [4.78, 5) is 20.2. The standard InChI is InChI=1S/C15H20ClN5O2/c1-3-5-6-18-13(22)8-12-20-15(23-21-12)10-7-11(16)14(17-4-2)19-9-10/h7,9H,3-6,8H2,1-2H3,(H,17,19)(H,18,22). The van der Waals surface area contributed by atoms with E-state index in [0.29, 0.717) is 34.7 Å². The summed E-state index contributed by atoms with van der Waals surface area (Å²) in [7, 11) is 0. The van der Waals surface area contributed by atoms with Crippen molar-refractivity contribution < 1.29 is 9.32 Å². The molecule has 0 radical (unpaired) electrons. The van der Waals surface area contributed by atoms with Crippen LogP contribution in [0, 0.1) is 0 Å². The van der Waals surface area contributed by atoms with Gasteiger partial charge in [0.15, 0.2) is 5.82 Å². The van der Waals surface area contributed by atoms with E-state index in [4.69, 9.17) is 16.1 Å². The second kappa shape index (κ2) is 8.47. The Hall–Kier alpha value is -2.15. The maximum absolute atomic E-state index is 11.7. The number of carbonyl (C=O) groups is 1. The number of hydrogen-bond donors (Lipinski definition) is 2. The van der Waals surface area contributed by atoms with Gasteiger partial charge in [-0.2, -0.15) is 4.98 Å². The summed E-state index contributed by atoms with van der Waals surface area (Å²) in [6.45, 7) is 5.41. The van der Waals surface area contributed by atoms with Gasteiger partial charge in [0, 0.05) is 19.3 Å². The summed E-state index contributed by atoms with van der Waals surface area (Å²) < 4.78 is 5.17. The Morgan fingerprint density at radius 1 is 1.39 bits per heavy atom. The van der Waals surface area contributed by atoms with Crippen molar-refractivity contribution in [2.45, 2.75) is 33.1 Å². The summed E-state index contributed by atoms with van der Waals surface area (Å²) in [6.07, 6.45) is 3.67. The molecule has 2 aromatic heterocycles. The number of hydrogen-bond acceptors (Lipinski definition) is 6. The molecule has 2 rings (SSSR count). The highest BCUT2D eigenvalue weighted by molar-refractivity contribution is 6.33. The zero-order chi connectivity index (χ0) is 16.7. The monoisotopic (exact) mass is 337 g/mol. The van der Waals surface area contributed by atoms with Gasteiger partial charge in [0.1, 0.15) is 5.82 Å². The molecule has 124 valence electrons. The summed E-state index contributed by atoms with van der Waals surface area (Å²) >= 11 is 6.14. The average Bonchev–Trinajstić information content (AvgIpc) is 2.98. The molecule has 0 bridgehead atoms. The number of unbranched alkanes of at least 4 members (excludes halogenated alkanes) is 1. The highest BCUT2D eigenvalue weighted by Crippen LogP contribution is 2.25. The molecule has 0 aliphatic heterocycles. The third kappa shape index (κ3) is 4.92. The van der Waals surface area contributed by atoms with Gasteiger partial charge in [-0.05, 0) is 19.4 Å². The second-order valence-corrected chi connectivity index (χ2v) is 5.39. The molecule has 0 spiro atoms. The van der Waals surface area contributed by atoms with Crippen LogP contribution in [0.2, 0.25) is 5.02 Å². The molecule has 1 amide bonds. The van der Waals surface area contributed by atoms with Crippen molar-refractivity contribution in [2.75, 3.05) is 18.4 Å². The molecule has 2 N–H and O–H groups in total. The fourth-order valence-electron chi connectivity index (χ4n) is 1.91. The summed E-state index contributed by atoms with van der Waals surface area (Å²) in [5, 5.41) is 10.1. The van der Waals surface area contributed by atoms with Crippen LogP contribution in [0.1, 0.15) is 32.5 Å². The highest BCUT2D eigenvalue weighted by atomic mass is 35.5. The molecular formula is C15H20ClN5O2. The molecule has 7 nitrogen and oxygen atoms in total. The average molecular weight is 338 g/mol. The Morgan fingerprint density at radius 3 is 2.91 bits per heavy atom. The molecule has 0 saturated carbocycles. The minimum Gasteiger partial charge on any atom is -0.369 e. The summed E-state index contributed by atoms with van der Waals surface area (Å²) in [5.74, 6) is 1.11. The third-order valence-corrected chi connectivity index (χ3v) is 3.36. The van der Waals surface area contributed by atoms with Crippen molar-refractivity contribution in [1.29, 1.82) is 0 Å². The van der Waals surface area contributed by atoms with Crippen LogP contribution < -0.4 is 10.6 Å². The number of aromatic nitrogens is 3. The first-order valence-corrected chi connectivity index (χ1v) is 8.00. The fraction of sp³-hybridized carbons (Fsp3) is 0.467. The lowest BCUT2D eigenvalue weighted by molar-refractivity contribution is -0.120. The number of pyridine rings is 1. The predicted octanol–water partition coefficient (Wildman–Crippen LogP) is 2.68. The van der Waals surface area contributed by atoms with E-state index in [0.717, 1.165) is 19.4 Å². The van der Waals surface area contributed by atoms with E-state index < -0.39 is 0 Å². The Balaban J connectivity index is 2.01. The van der Waals surface area contributed by atoms with Crippen LogP contribution in [0.3, 0.4) is 0 Å². The first-order valence-electron chi connectivity index (χ1n) is 7.63. The number of nitrogens with one attached hydrogen (secondary N) is 2. The maximum atomic E-state index is 11.7. The Bertz CT molecular complexity index is 659. The zero-order valence-corrected chi connectivity index (χ0v) is 14.0. The molecule has 8 heteroatoms. The second-order valence-electron chi connectivity index (χ2n) is 4.98. The van der Waals surface area contributed by atoms with Crippen LogP contribution in [-0.4, -0.2) is 34.1 Å². The normalized spacial score (nSPS) is 10.6. The number of carbonyl (C=O) groups excluding carboxylic acids is 1. The van der Waals surface area contributed by atoms with E-state index in [9.17, 15) is 4.79 Å². The summed E-state index contributed by atoms with van der Waals surface area (Å²) in [5.41, 5.74) is 0.613. The van der Waals surface area contributed by atoms with E-state index >= 15 is 0 Å². The maximum Gasteiger partial charge on any atom is 0.259 e. The summed E-state index contributed by atoms with van der Waals surface area (Å²) in [6, 6.07) is 1.70. The van der Waals surface area contributed by atoms with E-state index in [1.54, 1.807) is 12.3 Å². The molecule has 0 saturated heterocycles. The number of anilines is 1. The van der Waals surface area contributed by atoms with E-state index in [1.807, 2.05) is 6.92 Å². The van der Waals surface area contributed by atoms with Gasteiger partial charge in [-0.15, -0.1) is 0 Å². The minimum absolute atomic E-state index is 0.0872. The van der Waals surface area contributed by atoms with Gasteiger partial charge in [-0.25, -0.2) is 4.98 Å². The van der Waals surface area contributed by atoms with Crippen molar-refractivity contribution in [1.82, 2.24) is 20.4 Å². The van der Waals surface area contributed by atoms with Gasteiger partial charge < -0.3 is 15.2 Å². The smallest absolute Gasteiger partial charge is 0.259 e. The SMILES string of the molecule is CCCCNC(=O)Cc1noc(-c2cnc(NCC)c(Cl)c2)n1. The van der Waals surface area contributed by atoms with Crippen LogP contribution in [0.15, 0.2) is 16.8 Å². The molecule has 0 fully saturated rings. The molecule has 0 aliphatic carbocycles. The molecular weight excluding hydrogens is 318 g/mol. The van der Waals surface area contributed by atoms with Crippen molar-refractivity contribution in [2.24, 2.45) is 0 Å².